The SMILES string of the molecule is COc1ccc(NC(=O)N2[C@H]3CCNC[C@@H]2CC3)c(C)c1. The van der Waals surface area contributed by atoms with Crippen LogP contribution in [0, 0.1) is 6.92 Å². The van der Waals surface area contributed by atoms with Crippen molar-refractivity contribution in [3.8, 4) is 5.75 Å². The molecule has 0 radical (unpaired) electrons. The average molecular weight is 289 g/mol. The number of carbonyl (C=O) groups excluding carboxylic acids is 1. The molecule has 2 atom stereocenters. The summed E-state index contributed by atoms with van der Waals surface area (Å²) in [4.78, 5) is 14.7. The number of hydrogen-bond acceptors (Lipinski definition) is 3. The number of hydrogen-bond donors (Lipinski definition) is 2. The highest BCUT2D eigenvalue weighted by molar-refractivity contribution is 5.91. The van der Waals surface area contributed by atoms with Gasteiger partial charge in [0.1, 0.15) is 5.75 Å². The second-order valence-electron chi connectivity index (χ2n) is 5.90. The van der Waals surface area contributed by atoms with Crippen molar-refractivity contribution in [3.05, 3.63) is 23.8 Å². The normalized spacial score (nSPS) is 24.6. The number of nitrogens with zero attached hydrogens (tertiary/aromatic N) is 1. The van der Waals surface area contributed by atoms with Crippen molar-refractivity contribution in [2.75, 3.05) is 25.5 Å². The number of rotatable bonds is 2. The standard InChI is InChI=1S/C16H23N3O2/c1-11-9-14(21-2)5-6-15(11)18-16(20)19-12-3-4-13(19)10-17-8-7-12/h5-6,9,12-13,17H,3-4,7-8,10H2,1-2H3,(H,18,20)/t12-,13+/m1/s1. The lowest BCUT2D eigenvalue weighted by atomic mass is 10.1. The highest BCUT2D eigenvalue weighted by Gasteiger charge is 2.38. The summed E-state index contributed by atoms with van der Waals surface area (Å²) in [5.41, 5.74) is 1.88. The first-order valence-corrected chi connectivity index (χ1v) is 7.63. The number of nitrogens with one attached hydrogen (secondary N) is 2. The number of aryl methyl sites for hydroxylation is 1. The molecule has 0 unspecified atom stereocenters. The molecule has 2 aliphatic heterocycles. The topological polar surface area (TPSA) is 53.6 Å². The van der Waals surface area contributed by atoms with Gasteiger partial charge in [-0.3, -0.25) is 0 Å². The molecular weight excluding hydrogens is 266 g/mol. The average Bonchev–Trinajstić information content (AvgIpc) is 2.74. The monoisotopic (exact) mass is 289 g/mol. The summed E-state index contributed by atoms with van der Waals surface area (Å²) in [6, 6.07) is 6.46. The second-order valence-corrected chi connectivity index (χ2v) is 5.90. The number of fused-ring (bicyclic) bond motifs is 2. The van der Waals surface area contributed by atoms with Crippen LogP contribution in [-0.2, 0) is 0 Å². The van der Waals surface area contributed by atoms with Crippen molar-refractivity contribution in [3.63, 3.8) is 0 Å². The third-order valence-corrected chi connectivity index (χ3v) is 4.56. The Kier molecular flexibility index (Phi) is 4.01. The van der Waals surface area contributed by atoms with Gasteiger partial charge in [0.15, 0.2) is 0 Å². The Hall–Kier alpha value is -1.75. The van der Waals surface area contributed by atoms with Gasteiger partial charge >= 0.3 is 6.03 Å². The van der Waals surface area contributed by atoms with E-state index in [1.807, 2.05) is 30.0 Å². The van der Waals surface area contributed by atoms with Crippen LogP contribution < -0.4 is 15.4 Å². The summed E-state index contributed by atoms with van der Waals surface area (Å²) in [5.74, 6) is 0.810. The quantitative estimate of drug-likeness (QED) is 0.879. The molecule has 0 aliphatic carbocycles. The fraction of sp³-hybridized carbons (Fsp3) is 0.562. The van der Waals surface area contributed by atoms with Gasteiger partial charge in [-0.1, -0.05) is 0 Å². The minimum absolute atomic E-state index is 0.0273. The minimum atomic E-state index is 0.0273. The van der Waals surface area contributed by atoms with Crippen molar-refractivity contribution in [2.24, 2.45) is 0 Å². The van der Waals surface area contributed by atoms with E-state index in [1.165, 1.54) is 0 Å². The molecule has 0 saturated carbocycles. The van der Waals surface area contributed by atoms with Gasteiger partial charge in [-0.05, 0) is 56.5 Å². The molecular formula is C16H23N3O2. The zero-order valence-electron chi connectivity index (χ0n) is 12.7. The Morgan fingerprint density at radius 3 is 2.90 bits per heavy atom. The Morgan fingerprint density at radius 1 is 1.33 bits per heavy atom. The Balaban J connectivity index is 1.74. The van der Waals surface area contributed by atoms with Crippen LogP contribution in [0.5, 0.6) is 5.75 Å². The smallest absolute Gasteiger partial charge is 0.322 e. The first kappa shape index (κ1) is 14.2. The lowest BCUT2D eigenvalue weighted by Gasteiger charge is -2.28. The second kappa shape index (κ2) is 5.93. The molecule has 2 bridgehead atoms. The number of ether oxygens (including phenoxy) is 1. The summed E-state index contributed by atoms with van der Waals surface area (Å²) in [5, 5.41) is 6.48. The Labute approximate surface area is 125 Å². The maximum atomic E-state index is 12.6. The molecule has 2 aliphatic rings. The van der Waals surface area contributed by atoms with E-state index < -0.39 is 0 Å². The lowest BCUT2D eigenvalue weighted by Crippen LogP contribution is -2.44. The maximum absolute atomic E-state index is 12.6. The number of anilines is 1. The summed E-state index contributed by atoms with van der Waals surface area (Å²) in [6.07, 6.45) is 3.28. The Morgan fingerprint density at radius 2 is 2.14 bits per heavy atom. The van der Waals surface area contributed by atoms with E-state index in [0.29, 0.717) is 12.1 Å². The molecule has 2 heterocycles. The molecule has 5 nitrogen and oxygen atoms in total. The fourth-order valence-corrected chi connectivity index (χ4v) is 3.40. The first-order chi connectivity index (χ1) is 10.2. The number of urea groups is 1. The van der Waals surface area contributed by atoms with Crippen LogP contribution in [0.3, 0.4) is 0 Å². The van der Waals surface area contributed by atoms with Crippen molar-refractivity contribution < 1.29 is 9.53 Å². The fourth-order valence-electron chi connectivity index (χ4n) is 3.40. The maximum Gasteiger partial charge on any atom is 0.322 e. The van der Waals surface area contributed by atoms with Crippen LogP contribution in [0.4, 0.5) is 10.5 Å². The molecule has 21 heavy (non-hydrogen) atoms. The van der Waals surface area contributed by atoms with Crippen molar-refractivity contribution >= 4 is 11.7 Å². The van der Waals surface area contributed by atoms with E-state index in [9.17, 15) is 4.79 Å². The van der Waals surface area contributed by atoms with Gasteiger partial charge in [0.2, 0.25) is 0 Å². The molecule has 2 N–H and O–H groups in total. The highest BCUT2D eigenvalue weighted by atomic mass is 16.5. The molecule has 1 aromatic rings. The van der Waals surface area contributed by atoms with E-state index in [2.05, 4.69) is 10.6 Å². The predicted octanol–water partition coefficient (Wildman–Crippen LogP) is 2.36. The molecule has 2 fully saturated rings. The van der Waals surface area contributed by atoms with Gasteiger partial charge in [0.25, 0.3) is 0 Å². The van der Waals surface area contributed by atoms with Gasteiger partial charge in [-0.15, -0.1) is 0 Å². The zero-order chi connectivity index (χ0) is 14.8. The van der Waals surface area contributed by atoms with Gasteiger partial charge in [-0.2, -0.15) is 0 Å². The third-order valence-electron chi connectivity index (χ3n) is 4.56. The molecule has 0 aromatic heterocycles. The summed E-state index contributed by atoms with van der Waals surface area (Å²) in [6.45, 7) is 3.90. The molecule has 1 aromatic carbocycles. The molecule has 0 spiro atoms. The number of benzene rings is 1. The van der Waals surface area contributed by atoms with Crippen LogP contribution in [0.2, 0.25) is 0 Å². The van der Waals surface area contributed by atoms with Gasteiger partial charge in [0.05, 0.1) is 7.11 Å². The van der Waals surface area contributed by atoms with E-state index in [4.69, 9.17) is 4.74 Å². The van der Waals surface area contributed by atoms with Crippen molar-refractivity contribution in [1.82, 2.24) is 10.2 Å². The van der Waals surface area contributed by atoms with E-state index in [-0.39, 0.29) is 6.03 Å². The first-order valence-electron chi connectivity index (χ1n) is 7.63. The van der Waals surface area contributed by atoms with Crippen LogP contribution in [0.15, 0.2) is 18.2 Å². The van der Waals surface area contributed by atoms with Crippen LogP contribution in [0.25, 0.3) is 0 Å². The molecule has 2 saturated heterocycles. The summed E-state index contributed by atoms with van der Waals surface area (Å²) >= 11 is 0. The molecule has 2 amide bonds. The Bertz CT molecular complexity index is 518. The largest absolute Gasteiger partial charge is 0.497 e. The lowest BCUT2D eigenvalue weighted by molar-refractivity contribution is 0.190. The number of methoxy groups -OCH3 is 1. The van der Waals surface area contributed by atoms with E-state index >= 15 is 0 Å². The summed E-state index contributed by atoms with van der Waals surface area (Å²) in [7, 11) is 1.65. The van der Waals surface area contributed by atoms with Crippen LogP contribution in [-0.4, -0.2) is 43.2 Å². The van der Waals surface area contributed by atoms with E-state index in [1.54, 1.807) is 7.11 Å². The zero-order valence-corrected chi connectivity index (χ0v) is 12.7. The molecule has 114 valence electrons. The number of amides is 2. The third kappa shape index (κ3) is 2.83. The van der Waals surface area contributed by atoms with Crippen LogP contribution >= 0.6 is 0 Å². The van der Waals surface area contributed by atoms with Gasteiger partial charge in [0, 0.05) is 24.3 Å². The van der Waals surface area contributed by atoms with Crippen molar-refractivity contribution in [2.45, 2.75) is 38.3 Å². The number of carbonyl (C=O) groups is 1. The van der Waals surface area contributed by atoms with Gasteiger partial charge < -0.3 is 20.3 Å². The van der Waals surface area contributed by atoms with Gasteiger partial charge in [-0.25, -0.2) is 4.79 Å². The predicted molar refractivity (Wildman–Crippen MR) is 82.9 cm³/mol. The van der Waals surface area contributed by atoms with E-state index in [0.717, 1.165) is 49.4 Å². The minimum Gasteiger partial charge on any atom is -0.497 e. The highest BCUT2D eigenvalue weighted by Crippen LogP contribution is 2.29. The molecule has 5 heteroatoms. The molecule has 3 rings (SSSR count). The summed E-state index contributed by atoms with van der Waals surface area (Å²) < 4.78 is 5.20. The van der Waals surface area contributed by atoms with Crippen molar-refractivity contribution in [1.29, 1.82) is 0 Å². The van der Waals surface area contributed by atoms with Crippen LogP contribution in [0.1, 0.15) is 24.8 Å².